The molecule has 0 radical (unpaired) electrons. The molecule has 0 aromatic heterocycles. The van der Waals surface area contributed by atoms with E-state index in [0.29, 0.717) is 11.6 Å². The average molecular weight is 338 g/mol. The number of benzene rings is 1. The lowest BCUT2D eigenvalue weighted by Crippen LogP contribution is -2.36. The van der Waals surface area contributed by atoms with Crippen LogP contribution in [0, 0.1) is 5.92 Å². The summed E-state index contributed by atoms with van der Waals surface area (Å²) in [7, 11) is 0. The summed E-state index contributed by atoms with van der Waals surface area (Å²) in [5.74, 6) is 0.885. The molecule has 1 aliphatic rings. The molecule has 5 heteroatoms. The normalized spacial score (nSPS) is 16.3. The van der Waals surface area contributed by atoms with Crippen LogP contribution in [-0.4, -0.2) is 37.1 Å². The molecule has 1 saturated heterocycles. The number of nitrogens with zero attached hydrogens (tertiary/aromatic N) is 1. The fourth-order valence-corrected chi connectivity index (χ4v) is 3.05. The van der Waals surface area contributed by atoms with Gasteiger partial charge in [-0.2, -0.15) is 0 Å². The first-order chi connectivity index (χ1) is 11.1. The molecule has 2 N–H and O–H groups in total. The molecule has 0 aliphatic carbocycles. The Kier molecular flexibility index (Phi) is 7.69. The Balaban J connectivity index is 1.50. The zero-order chi connectivity index (χ0) is 16.5. The predicted octanol–water partition coefficient (Wildman–Crippen LogP) is 3.65. The van der Waals surface area contributed by atoms with E-state index in [4.69, 9.17) is 11.6 Å². The molecule has 0 spiro atoms. The number of unbranched alkanes of at least 4 members (excludes halogenated alkanes) is 1. The third-order valence-electron chi connectivity index (χ3n) is 4.41. The van der Waals surface area contributed by atoms with Crippen molar-refractivity contribution in [3.05, 3.63) is 34.9 Å². The maximum Gasteiger partial charge on any atom is 0.315 e. The van der Waals surface area contributed by atoms with Gasteiger partial charge in [0.1, 0.15) is 0 Å². The summed E-state index contributed by atoms with van der Waals surface area (Å²) in [6, 6.07) is 7.41. The Labute approximate surface area is 144 Å². The maximum atomic E-state index is 11.7. The number of carbonyl (C=O) groups excluding carboxylic acids is 1. The molecule has 4 nitrogen and oxygen atoms in total. The summed E-state index contributed by atoms with van der Waals surface area (Å²) in [6.45, 7) is 7.18. The SMILES string of the molecule is CC1CCN(CCCCNC(=O)NCc2cccc(Cl)c2)CC1. The van der Waals surface area contributed by atoms with Gasteiger partial charge in [-0.3, -0.25) is 0 Å². The van der Waals surface area contributed by atoms with Gasteiger partial charge in [-0.05, 0) is 68.9 Å². The first-order valence-electron chi connectivity index (χ1n) is 8.62. The Bertz CT molecular complexity index is 487. The van der Waals surface area contributed by atoms with Crippen LogP contribution in [-0.2, 0) is 6.54 Å². The van der Waals surface area contributed by atoms with Crippen LogP contribution in [0.4, 0.5) is 4.79 Å². The van der Waals surface area contributed by atoms with Crippen LogP contribution >= 0.6 is 11.6 Å². The molecule has 1 fully saturated rings. The van der Waals surface area contributed by atoms with Crippen LogP contribution in [0.1, 0.15) is 38.2 Å². The second-order valence-corrected chi connectivity index (χ2v) is 6.91. The number of rotatable bonds is 7. The summed E-state index contributed by atoms with van der Waals surface area (Å²) >= 11 is 5.92. The Hall–Kier alpha value is -1.26. The number of amides is 2. The molecule has 0 unspecified atom stereocenters. The van der Waals surface area contributed by atoms with Crippen molar-refractivity contribution in [2.75, 3.05) is 26.2 Å². The van der Waals surface area contributed by atoms with E-state index in [1.165, 1.54) is 25.9 Å². The van der Waals surface area contributed by atoms with Crippen molar-refractivity contribution in [3.8, 4) is 0 Å². The minimum atomic E-state index is -0.114. The van der Waals surface area contributed by atoms with E-state index in [0.717, 1.165) is 37.4 Å². The molecular weight excluding hydrogens is 310 g/mol. The molecule has 2 amide bonds. The fraction of sp³-hybridized carbons (Fsp3) is 0.611. The van der Waals surface area contributed by atoms with Crippen LogP contribution < -0.4 is 10.6 Å². The Morgan fingerprint density at radius 3 is 2.78 bits per heavy atom. The summed E-state index contributed by atoms with van der Waals surface area (Å²) in [5, 5.41) is 6.45. The van der Waals surface area contributed by atoms with Gasteiger partial charge >= 0.3 is 6.03 Å². The smallest absolute Gasteiger partial charge is 0.315 e. The summed E-state index contributed by atoms with van der Waals surface area (Å²) in [4.78, 5) is 14.3. The van der Waals surface area contributed by atoms with Crippen molar-refractivity contribution >= 4 is 17.6 Å². The number of hydrogen-bond acceptors (Lipinski definition) is 2. The van der Waals surface area contributed by atoms with Crippen molar-refractivity contribution in [1.82, 2.24) is 15.5 Å². The van der Waals surface area contributed by atoms with Crippen molar-refractivity contribution in [1.29, 1.82) is 0 Å². The van der Waals surface area contributed by atoms with Crippen molar-refractivity contribution in [2.45, 2.75) is 39.2 Å². The summed E-state index contributed by atoms with van der Waals surface area (Å²) < 4.78 is 0. The highest BCUT2D eigenvalue weighted by atomic mass is 35.5. The number of nitrogens with one attached hydrogen (secondary N) is 2. The second kappa shape index (κ2) is 9.78. The summed E-state index contributed by atoms with van der Waals surface area (Å²) in [6.07, 6.45) is 4.81. The molecule has 0 saturated carbocycles. The van der Waals surface area contributed by atoms with Crippen LogP contribution in [0.25, 0.3) is 0 Å². The van der Waals surface area contributed by atoms with E-state index in [1.807, 2.05) is 24.3 Å². The fourth-order valence-electron chi connectivity index (χ4n) is 2.84. The Morgan fingerprint density at radius 2 is 2.04 bits per heavy atom. The van der Waals surface area contributed by atoms with Gasteiger partial charge in [-0.1, -0.05) is 30.7 Å². The summed E-state index contributed by atoms with van der Waals surface area (Å²) in [5.41, 5.74) is 1.01. The number of carbonyl (C=O) groups is 1. The average Bonchev–Trinajstić information content (AvgIpc) is 2.54. The lowest BCUT2D eigenvalue weighted by Gasteiger charge is -2.30. The zero-order valence-electron chi connectivity index (χ0n) is 14.0. The minimum absolute atomic E-state index is 0.114. The standard InChI is InChI=1S/C18H28ClN3O/c1-15-7-11-22(12-8-15)10-3-2-9-20-18(23)21-14-16-5-4-6-17(19)13-16/h4-6,13,15H,2-3,7-12,14H2,1H3,(H2,20,21,23). The van der Waals surface area contributed by atoms with Crippen molar-refractivity contribution < 1.29 is 4.79 Å². The van der Waals surface area contributed by atoms with Gasteiger partial charge in [0.25, 0.3) is 0 Å². The van der Waals surface area contributed by atoms with Crippen LogP contribution in [0.5, 0.6) is 0 Å². The van der Waals surface area contributed by atoms with Crippen molar-refractivity contribution in [2.24, 2.45) is 5.92 Å². The van der Waals surface area contributed by atoms with Crippen LogP contribution in [0.15, 0.2) is 24.3 Å². The number of urea groups is 1. The van der Waals surface area contributed by atoms with Gasteiger partial charge in [0.05, 0.1) is 0 Å². The molecule has 23 heavy (non-hydrogen) atoms. The first kappa shape index (κ1) is 18.1. The van der Waals surface area contributed by atoms with Gasteiger partial charge in [0.2, 0.25) is 0 Å². The number of hydrogen-bond donors (Lipinski definition) is 2. The largest absolute Gasteiger partial charge is 0.338 e. The third kappa shape index (κ3) is 7.23. The van der Waals surface area contributed by atoms with Crippen LogP contribution in [0.3, 0.4) is 0 Å². The van der Waals surface area contributed by atoms with Crippen LogP contribution in [0.2, 0.25) is 5.02 Å². The number of likely N-dealkylation sites (tertiary alicyclic amines) is 1. The second-order valence-electron chi connectivity index (χ2n) is 6.47. The highest BCUT2D eigenvalue weighted by Gasteiger charge is 2.14. The molecule has 1 aromatic rings. The highest BCUT2D eigenvalue weighted by molar-refractivity contribution is 6.30. The van der Waals surface area contributed by atoms with Gasteiger partial charge in [-0.15, -0.1) is 0 Å². The quantitative estimate of drug-likeness (QED) is 0.746. The number of halogens is 1. The molecule has 0 atom stereocenters. The monoisotopic (exact) mass is 337 g/mol. The maximum absolute atomic E-state index is 11.7. The molecule has 0 bridgehead atoms. The lowest BCUT2D eigenvalue weighted by molar-refractivity contribution is 0.189. The van der Waals surface area contributed by atoms with Gasteiger partial charge < -0.3 is 15.5 Å². The predicted molar refractivity (Wildman–Crippen MR) is 95.8 cm³/mol. The van der Waals surface area contributed by atoms with E-state index in [9.17, 15) is 4.79 Å². The molecular formula is C18H28ClN3O. The minimum Gasteiger partial charge on any atom is -0.338 e. The highest BCUT2D eigenvalue weighted by Crippen LogP contribution is 2.16. The van der Waals surface area contributed by atoms with Gasteiger partial charge in [-0.25, -0.2) is 4.79 Å². The first-order valence-corrected chi connectivity index (χ1v) is 9.00. The van der Waals surface area contributed by atoms with E-state index >= 15 is 0 Å². The van der Waals surface area contributed by atoms with Gasteiger partial charge in [0.15, 0.2) is 0 Å². The molecule has 1 heterocycles. The van der Waals surface area contributed by atoms with E-state index in [-0.39, 0.29) is 6.03 Å². The Morgan fingerprint density at radius 1 is 1.26 bits per heavy atom. The lowest BCUT2D eigenvalue weighted by atomic mass is 9.99. The molecule has 128 valence electrons. The molecule has 1 aliphatic heterocycles. The van der Waals surface area contributed by atoms with E-state index in [1.54, 1.807) is 0 Å². The number of piperidine rings is 1. The van der Waals surface area contributed by atoms with Crippen molar-refractivity contribution in [3.63, 3.8) is 0 Å². The van der Waals surface area contributed by atoms with Gasteiger partial charge in [0, 0.05) is 18.1 Å². The zero-order valence-corrected chi connectivity index (χ0v) is 14.7. The molecule has 2 rings (SSSR count). The third-order valence-corrected chi connectivity index (χ3v) is 4.64. The molecule has 1 aromatic carbocycles. The van der Waals surface area contributed by atoms with E-state index < -0.39 is 0 Å². The topological polar surface area (TPSA) is 44.4 Å². The van der Waals surface area contributed by atoms with E-state index in [2.05, 4.69) is 22.5 Å².